The second-order valence-corrected chi connectivity index (χ2v) is 7.73. The monoisotopic (exact) mass is 430 g/mol. The van der Waals surface area contributed by atoms with E-state index in [0.29, 0.717) is 36.8 Å². The second-order valence-electron chi connectivity index (χ2n) is 7.29. The van der Waals surface area contributed by atoms with Crippen molar-refractivity contribution in [3.63, 3.8) is 0 Å². The Balaban J connectivity index is 1.56. The summed E-state index contributed by atoms with van der Waals surface area (Å²) in [5.74, 6) is 0.511. The lowest BCUT2D eigenvalue weighted by Crippen LogP contribution is -2.49. The summed E-state index contributed by atoms with van der Waals surface area (Å²) in [5.41, 5.74) is 2.69. The molecule has 30 heavy (non-hydrogen) atoms. The number of aromatic nitrogens is 1. The van der Waals surface area contributed by atoms with Crippen molar-refractivity contribution in [3.05, 3.63) is 58.4 Å². The van der Waals surface area contributed by atoms with Crippen LogP contribution in [0.4, 0.5) is 0 Å². The molecule has 8 nitrogen and oxygen atoms in total. The molecule has 0 aliphatic carbocycles. The Hall–Kier alpha value is -3.00. The zero-order valence-corrected chi connectivity index (χ0v) is 18.2. The van der Waals surface area contributed by atoms with Crippen molar-refractivity contribution in [1.29, 1.82) is 0 Å². The highest BCUT2D eigenvalue weighted by molar-refractivity contribution is 6.30. The first-order chi connectivity index (χ1) is 14.4. The van der Waals surface area contributed by atoms with E-state index in [1.807, 2.05) is 48.0 Å². The number of nitrogens with zero attached hydrogens (tertiary/aromatic N) is 4. The number of amides is 2. The van der Waals surface area contributed by atoms with Gasteiger partial charge in [-0.1, -0.05) is 23.7 Å². The van der Waals surface area contributed by atoms with E-state index in [4.69, 9.17) is 11.6 Å². The quantitative estimate of drug-likeness (QED) is 0.555. The smallest absolute Gasteiger partial charge is 0.254 e. The van der Waals surface area contributed by atoms with Crippen molar-refractivity contribution in [1.82, 2.24) is 25.0 Å². The number of carbonyl (C=O) groups excluding carboxylic acids is 2. The Kier molecular flexibility index (Phi) is 6.99. The maximum absolute atomic E-state index is 12.6. The molecule has 2 heterocycles. The van der Waals surface area contributed by atoms with Crippen molar-refractivity contribution >= 4 is 29.4 Å². The normalized spacial score (nSPS) is 14.5. The first-order valence-corrected chi connectivity index (χ1v) is 10.1. The number of guanidine groups is 1. The molecule has 1 aliphatic heterocycles. The van der Waals surface area contributed by atoms with Gasteiger partial charge in [-0.25, -0.2) is 0 Å². The summed E-state index contributed by atoms with van der Waals surface area (Å²) in [6, 6.07) is 9.35. The van der Waals surface area contributed by atoms with Gasteiger partial charge in [0.05, 0.1) is 18.1 Å². The lowest BCUT2D eigenvalue weighted by molar-refractivity contribution is -0.123. The number of hydrogen-bond donors (Lipinski definition) is 2. The van der Waals surface area contributed by atoms with E-state index in [1.165, 1.54) is 0 Å². The minimum atomic E-state index is -0.124. The predicted octanol–water partition coefficient (Wildman–Crippen LogP) is 1.46. The summed E-state index contributed by atoms with van der Waals surface area (Å²) in [6.07, 6.45) is 1.88. The van der Waals surface area contributed by atoms with E-state index in [1.54, 1.807) is 24.1 Å². The molecule has 0 saturated carbocycles. The van der Waals surface area contributed by atoms with Crippen LogP contribution in [0.5, 0.6) is 0 Å². The van der Waals surface area contributed by atoms with E-state index in [0.717, 1.165) is 17.2 Å². The number of carbonyl (C=O) groups is 2. The average Bonchev–Trinajstić information content (AvgIpc) is 3.05. The van der Waals surface area contributed by atoms with Crippen LogP contribution in [0.1, 0.15) is 21.6 Å². The van der Waals surface area contributed by atoms with Crippen molar-refractivity contribution in [2.75, 3.05) is 33.7 Å². The fraction of sp³-hybridized carbons (Fsp3) is 0.381. The van der Waals surface area contributed by atoms with E-state index < -0.39 is 0 Å². The SMILES string of the molecule is CN=C(NCc1ccc(C(=O)N2CCNC(=O)C2)cc1)N(C)Cc1cc(Cl)cn1C. The first kappa shape index (κ1) is 21.7. The van der Waals surface area contributed by atoms with Gasteiger partial charge in [0.25, 0.3) is 5.91 Å². The topological polar surface area (TPSA) is 82.0 Å². The summed E-state index contributed by atoms with van der Waals surface area (Å²) in [4.78, 5) is 32.0. The van der Waals surface area contributed by atoms with Crippen LogP contribution < -0.4 is 10.6 Å². The van der Waals surface area contributed by atoms with Crippen LogP contribution >= 0.6 is 11.6 Å². The number of aliphatic imine (C=N–C) groups is 1. The molecular formula is C21H27ClN6O2. The largest absolute Gasteiger partial charge is 0.353 e. The minimum Gasteiger partial charge on any atom is -0.353 e. The fourth-order valence-corrected chi connectivity index (χ4v) is 3.64. The van der Waals surface area contributed by atoms with E-state index in [-0.39, 0.29) is 18.4 Å². The molecule has 0 radical (unpaired) electrons. The number of hydrogen-bond acceptors (Lipinski definition) is 3. The van der Waals surface area contributed by atoms with Crippen LogP contribution in [0.3, 0.4) is 0 Å². The third-order valence-electron chi connectivity index (χ3n) is 5.02. The molecule has 1 aromatic heterocycles. The fourth-order valence-electron chi connectivity index (χ4n) is 3.37. The highest BCUT2D eigenvalue weighted by atomic mass is 35.5. The standard InChI is InChI=1S/C21H27ClN6O2/c1-23-21(27(3)13-18-10-17(22)12-26(18)2)25-11-15-4-6-16(7-5-15)20(30)28-9-8-24-19(29)14-28/h4-7,10,12H,8-9,11,13-14H2,1-3H3,(H,23,25)(H,24,29). The molecule has 160 valence electrons. The first-order valence-electron chi connectivity index (χ1n) is 9.75. The zero-order valence-electron chi connectivity index (χ0n) is 17.5. The van der Waals surface area contributed by atoms with Crippen molar-refractivity contribution in [3.8, 4) is 0 Å². The lowest BCUT2D eigenvalue weighted by atomic mass is 10.1. The summed E-state index contributed by atoms with van der Waals surface area (Å²) < 4.78 is 1.99. The molecular weight excluding hydrogens is 404 g/mol. The molecule has 2 aromatic rings. The number of rotatable bonds is 5. The molecule has 2 amide bonds. The molecule has 3 rings (SSSR count). The minimum absolute atomic E-state index is 0.108. The molecule has 0 spiro atoms. The third-order valence-corrected chi connectivity index (χ3v) is 5.23. The summed E-state index contributed by atoms with van der Waals surface area (Å²) in [7, 11) is 5.67. The Bertz CT molecular complexity index is 937. The van der Waals surface area contributed by atoms with Gasteiger partial charge in [-0.15, -0.1) is 0 Å². The van der Waals surface area contributed by atoms with Crippen LogP contribution in [0.2, 0.25) is 5.02 Å². The predicted molar refractivity (Wildman–Crippen MR) is 117 cm³/mol. The second kappa shape index (κ2) is 9.67. The summed E-state index contributed by atoms with van der Waals surface area (Å²) in [5, 5.41) is 6.77. The van der Waals surface area contributed by atoms with Gasteiger partial charge in [-0.05, 0) is 23.8 Å². The Morgan fingerprint density at radius 2 is 2.07 bits per heavy atom. The van der Waals surface area contributed by atoms with Gasteiger partial charge in [0.2, 0.25) is 5.91 Å². The zero-order chi connectivity index (χ0) is 21.7. The molecule has 9 heteroatoms. The van der Waals surface area contributed by atoms with Gasteiger partial charge in [-0.3, -0.25) is 14.6 Å². The van der Waals surface area contributed by atoms with Crippen LogP contribution in [0, 0.1) is 0 Å². The Morgan fingerprint density at radius 3 is 2.67 bits per heavy atom. The Labute approximate surface area is 181 Å². The van der Waals surface area contributed by atoms with E-state index in [9.17, 15) is 9.59 Å². The lowest BCUT2D eigenvalue weighted by Gasteiger charge is -2.26. The van der Waals surface area contributed by atoms with Crippen LogP contribution in [-0.2, 0) is 24.9 Å². The van der Waals surface area contributed by atoms with Crippen molar-refractivity contribution in [2.45, 2.75) is 13.1 Å². The number of nitrogens with one attached hydrogen (secondary N) is 2. The number of benzene rings is 1. The number of aryl methyl sites for hydroxylation is 1. The molecule has 0 atom stereocenters. The van der Waals surface area contributed by atoms with Gasteiger partial charge in [0, 0.05) is 58.2 Å². The van der Waals surface area contributed by atoms with Gasteiger partial charge in [0.15, 0.2) is 5.96 Å². The van der Waals surface area contributed by atoms with Gasteiger partial charge in [0.1, 0.15) is 0 Å². The summed E-state index contributed by atoms with van der Waals surface area (Å²) >= 11 is 6.06. The molecule has 1 aliphatic rings. The van der Waals surface area contributed by atoms with Crippen molar-refractivity contribution < 1.29 is 9.59 Å². The molecule has 1 aromatic carbocycles. The maximum atomic E-state index is 12.6. The molecule has 1 saturated heterocycles. The van der Waals surface area contributed by atoms with E-state index >= 15 is 0 Å². The molecule has 1 fully saturated rings. The molecule has 2 N–H and O–H groups in total. The van der Waals surface area contributed by atoms with Gasteiger partial charge >= 0.3 is 0 Å². The van der Waals surface area contributed by atoms with E-state index in [2.05, 4.69) is 15.6 Å². The van der Waals surface area contributed by atoms with Gasteiger partial charge < -0.3 is 25.0 Å². The molecule has 0 unspecified atom stereocenters. The van der Waals surface area contributed by atoms with Crippen molar-refractivity contribution in [2.24, 2.45) is 12.0 Å². The highest BCUT2D eigenvalue weighted by Crippen LogP contribution is 2.14. The third kappa shape index (κ3) is 5.33. The average molecular weight is 431 g/mol. The number of piperazine rings is 1. The highest BCUT2D eigenvalue weighted by Gasteiger charge is 2.22. The number of halogens is 1. The maximum Gasteiger partial charge on any atom is 0.254 e. The molecule has 0 bridgehead atoms. The van der Waals surface area contributed by atoms with Gasteiger partial charge in [-0.2, -0.15) is 0 Å². The summed E-state index contributed by atoms with van der Waals surface area (Å²) in [6.45, 7) is 2.37. The van der Waals surface area contributed by atoms with Crippen LogP contribution in [-0.4, -0.2) is 65.9 Å². The van der Waals surface area contributed by atoms with Crippen LogP contribution in [0.15, 0.2) is 41.5 Å². The Morgan fingerprint density at radius 1 is 1.33 bits per heavy atom. The van der Waals surface area contributed by atoms with Crippen LogP contribution in [0.25, 0.3) is 0 Å².